The maximum absolute atomic E-state index is 14.0. The van der Waals surface area contributed by atoms with E-state index in [1.165, 1.54) is 11.0 Å². The molecule has 2 aromatic rings. The Morgan fingerprint density at radius 2 is 2.15 bits per heavy atom. The van der Waals surface area contributed by atoms with Crippen molar-refractivity contribution >= 4 is 28.8 Å². The lowest BCUT2D eigenvalue weighted by atomic mass is 10.1. The standard InChI is InChI=1S/C19H21F2N3O2S/c1-23(2)17(12-5-6-27-11-12)9-22-19(26)13-7-18(25)24(10-13)16-4-3-14(20)8-15(16)21/h3-6,8,11,13,17H,7,9-10H2,1-2H3,(H,22,26). The number of amides is 2. The minimum atomic E-state index is -0.811. The third-order valence-corrected chi connectivity index (χ3v) is 5.42. The first kappa shape index (κ1) is 19.4. The van der Waals surface area contributed by atoms with Gasteiger partial charge in [0.25, 0.3) is 0 Å². The van der Waals surface area contributed by atoms with Crippen LogP contribution in [-0.4, -0.2) is 43.9 Å². The number of halogens is 2. The predicted octanol–water partition coefficient (Wildman–Crippen LogP) is 2.80. The second-order valence-corrected chi connectivity index (χ2v) is 7.56. The molecule has 1 aromatic heterocycles. The number of likely N-dealkylation sites (N-methyl/N-ethyl adjacent to an activating group) is 1. The topological polar surface area (TPSA) is 52.7 Å². The average Bonchev–Trinajstić information content (AvgIpc) is 3.25. The summed E-state index contributed by atoms with van der Waals surface area (Å²) in [4.78, 5) is 28.0. The van der Waals surface area contributed by atoms with Crippen molar-refractivity contribution in [2.45, 2.75) is 12.5 Å². The smallest absolute Gasteiger partial charge is 0.227 e. The lowest BCUT2D eigenvalue weighted by Crippen LogP contribution is -2.38. The molecule has 2 heterocycles. The molecule has 1 aromatic carbocycles. The van der Waals surface area contributed by atoms with Gasteiger partial charge in [-0.1, -0.05) is 0 Å². The molecule has 1 aliphatic heterocycles. The van der Waals surface area contributed by atoms with Gasteiger partial charge in [-0.15, -0.1) is 0 Å². The van der Waals surface area contributed by atoms with Crippen LogP contribution >= 0.6 is 11.3 Å². The van der Waals surface area contributed by atoms with E-state index in [0.717, 1.165) is 17.7 Å². The summed E-state index contributed by atoms with van der Waals surface area (Å²) in [6.07, 6.45) is 0.00767. The number of hydrogen-bond donors (Lipinski definition) is 1. The van der Waals surface area contributed by atoms with Crippen LogP contribution in [0, 0.1) is 17.6 Å². The molecule has 0 spiro atoms. The van der Waals surface area contributed by atoms with E-state index in [1.807, 2.05) is 35.8 Å². The van der Waals surface area contributed by atoms with Crippen LogP contribution in [0.5, 0.6) is 0 Å². The minimum absolute atomic E-state index is 0.00106. The van der Waals surface area contributed by atoms with Crippen molar-refractivity contribution in [1.82, 2.24) is 10.2 Å². The van der Waals surface area contributed by atoms with Gasteiger partial charge in [0.05, 0.1) is 17.6 Å². The van der Waals surface area contributed by atoms with Gasteiger partial charge in [-0.3, -0.25) is 9.59 Å². The van der Waals surface area contributed by atoms with E-state index in [-0.39, 0.29) is 36.5 Å². The van der Waals surface area contributed by atoms with E-state index in [4.69, 9.17) is 0 Å². The molecule has 8 heteroatoms. The summed E-state index contributed by atoms with van der Waals surface area (Å²) >= 11 is 1.59. The van der Waals surface area contributed by atoms with Crippen molar-refractivity contribution in [2.75, 3.05) is 32.1 Å². The number of nitrogens with zero attached hydrogens (tertiary/aromatic N) is 2. The largest absolute Gasteiger partial charge is 0.354 e. The Kier molecular flexibility index (Phi) is 5.86. The fourth-order valence-electron chi connectivity index (χ4n) is 3.22. The molecule has 2 atom stereocenters. The molecule has 27 heavy (non-hydrogen) atoms. The molecule has 0 aliphatic carbocycles. The summed E-state index contributed by atoms with van der Waals surface area (Å²) in [5.74, 6) is -2.67. The van der Waals surface area contributed by atoms with Crippen LogP contribution < -0.4 is 10.2 Å². The van der Waals surface area contributed by atoms with Gasteiger partial charge in [-0.05, 0) is 48.6 Å². The van der Waals surface area contributed by atoms with Gasteiger partial charge >= 0.3 is 0 Å². The maximum atomic E-state index is 14.0. The fraction of sp³-hybridized carbons (Fsp3) is 0.368. The molecule has 2 amide bonds. The summed E-state index contributed by atoms with van der Waals surface area (Å²) in [5.41, 5.74) is 1.11. The van der Waals surface area contributed by atoms with E-state index < -0.39 is 17.6 Å². The van der Waals surface area contributed by atoms with Crippen LogP contribution in [0.3, 0.4) is 0 Å². The van der Waals surface area contributed by atoms with Crippen molar-refractivity contribution in [3.63, 3.8) is 0 Å². The van der Waals surface area contributed by atoms with Gasteiger partial charge in [-0.25, -0.2) is 8.78 Å². The molecule has 1 fully saturated rings. The predicted molar refractivity (Wildman–Crippen MR) is 101 cm³/mol. The van der Waals surface area contributed by atoms with E-state index >= 15 is 0 Å². The molecular weight excluding hydrogens is 372 g/mol. The van der Waals surface area contributed by atoms with Crippen molar-refractivity contribution in [3.05, 3.63) is 52.2 Å². The monoisotopic (exact) mass is 393 g/mol. The quantitative estimate of drug-likeness (QED) is 0.821. The number of hydrogen-bond acceptors (Lipinski definition) is 4. The highest BCUT2D eigenvalue weighted by atomic mass is 32.1. The Hall–Kier alpha value is -2.32. The number of thiophene rings is 1. The van der Waals surface area contributed by atoms with Crippen molar-refractivity contribution in [2.24, 2.45) is 5.92 Å². The highest BCUT2D eigenvalue weighted by Gasteiger charge is 2.36. The zero-order chi connectivity index (χ0) is 19.6. The Balaban J connectivity index is 1.63. The van der Waals surface area contributed by atoms with Crippen LogP contribution in [0.1, 0.15) is 18.0 Å². The van der Waals surface area contributed by atoms with Gasteiger partial charge in [0.1, 0.15) is 11.6 Å². The molecule has 1 N–H and O–H groups in total. The van der Waals surface area contributed by atoms with E-state index in [1.54, 1.807) is 11.3 Å². The number of carbonyl (C=O) groups excluding carboxylic acids is 2. The van der Waals surface area contributed by atoms with E-state index in [9.17, 15) is 18.4 Å². The number of anilines is 1. The first-order chi connectivity index (χ1) is 12.9. The second kappa shape index (κ2) is 8.14. The van der Waals surface area contributed by atoms with Gasteiger partial charge in [0, 0.05) is 25.6 Å². The van der Waals surface area contributed by atoms with E-state index in [2.05, 4.69) is 5.32 Å². The summed E-state index contributed by atoms with van der Waals surface area (Å²) in [7, 11) is 3.87. The molecular formula is C19H21F2N3O2S. The third kappa shape index (κ3) is 4.33. The fourth-order valence-corrected chi connectivity index (χ4v) is 3.93. The van der Waals surface area contributed by atoms with Crippen molar-refractivity contribution in [1.29, 1.82) is 0 Å². The van der Waals surface area contributed by atoms with Gasteiger partial charge < -0.3 is 15.1 Å². The number of rotatable bonds is 6. The molecule has 0 bridgehead atoms. The first-order valence-electron chi connectivity index (χ1n) is 8.58. The van der Waals surface area contributed by atoms with E-state index in [0.29, 0.717) is 6.54 Å². The SMILES string of the molecule is CN(C)C(CNC(=O)C1CC(=O)N(c2ccc(F)cc2F)C1)c1ccsc1. The first-order valence-corrected chi connectivity index (χ1v) is 9.52. The third-order valence-electron chi connectivity index (χ3n) is 4.72. The summed E-state index contributed by atoms with van der Waals surface area (Å²) in [5, 5.41) is 6.92. The highest BCUT2D eigenvalue weighted by molar-refractivity contribution is 7.07. The summed E-state index contributed by atoms with van der Waals surface area (Å²) in [6, 6.07) is 5.10. The zero-order valence-electron chi connectivity index (χ0n) is 15.1. The van der Waals surface area contributed by atoms with Crippen LogP contribution in [0.4, 0.5) is 14.5 Å². The van der Waals surface area contributed by atoms with Crippen LogP contribution in [0.15, 0.2) is 35.0 Å². The number of carbonyl (C=O) groups is 2. The molecule has 2 unspecified atom stereocenters. The average molecular weight is 393 g/mol. The molecule has 1 saturated heterocycles. The summed E-state index contributed by atoms with van der Waals surface area (Å²) in [6.45, 7) is 0.496. The maximum Gasteiger partial charge on any atom is 0.227 e. The van der Waals surface area contributed by atoms with Gasteiger partial charge in [0.15, 0.2) is 0 Å². The summed E-state index contributed by atoms with van der Waals surface area (Å²) < 4.78 is 27.0. The second-order valence-electron chi connectivity index (χ2n) is 6.78. The normalized spacial score (nSPS) is 18.2. The molecule has 0 radical (unpaired) electrons. The van der Waals surface area contributed by atoms with Crippen molar-refractivity contribution in [3.8, 4) is 0 Å². The van der Waals surface area contributed by atoms with Crippen LogP contribution in [0.2, 0.25) is 0 Å². The lowest BCUT2D eigenvalue weighted by molar-refractivity contribution is -0.126. The van der Waals surface area contributed by atoms with Crippen LogP contribution in [0.25, 0.3) is 0 Å². The number of benzene rings is 1. The minimum Gasteiger partial charge on any atom is -0.354 e. The molecule has 5 nitrogen and oxygen atoms in total. The molecule has 0 saturated carbocycles. The zero-order valence-corrected chi connectivity index (χ0v) is 15.9. The Labute approximate surface area is 160 Å². The van der Waals surface area contributed by atoms with Crippen LogP contribution in [-0.2, 0) is 9.59 Å². The molecule has 144 valence electrons. The molecule has 3 rings (SSSR count). The van der Waals surface area contributed by atoms with Gasteiger partial charge in [-0.2, -0.15) is 11.3 Å². The van der Waals surface area contributed by atoms with Crippen molar-refractivity contribution < 1.29 is 18.4 Å². The highest BCUT2D eigenvalue weighted by Crippen LogP contribution is 2.28. The Morgan fingerprint density at radius 1 is 1.37 bits per heavy atom. The molecule has 1 aliphatic rings. The Bertz CT molecular complexity index is 826. The number of nitrogens with one attached hydrogen (secondary N) is 1. The lowest BCUT2D eigenvalue weighted by Gasteiger charge is -2.24. The van der Waals surface area contributed by atoms with Gasteiger partial charge in [0.2, 0.25) is 11.8 Å². The Morgan fingerprint density at radius 3 is 2.78 bits per heavy atom.